The van der Waals surface area contributed by atoms with Gasteiger partial charge >= 0.3 is 0 Å². The Hall–Kier alpha value is -1.40. The summed E-state index contributed by atoms with van der Waals surface area (Å²) in [5.41, 5.74) is 1.94. The maximum Gasteiger partial charge on any atom is 0.243 e. The van der Waals surface area contributed by atoms with E-state index < -0.39 is 10.0 Å². The zero-order valence-corrected chi connectivity index (χ0v) is 14.6. The molecule has 4 nitrogen and oxygen atoms in total. The predicted molar refractivity (Wildman–Crippen MR) is 95.3 cm³/mol. The van der Waals surface area contributed by atoms with E-state index in [0.717, 1.165) is 11.1 Å². The van der Waals surface area contributed by atoms with E-state index in [0.29, 0.717) is 24.5 Å². The Morgan fingerprint density at radius 2 is 1.74 bits per heavy atom. The van der Waals surface area contributed by atoms with E-state index in [1.165, 1.54) is 0 Å². The van der Waals surface area contributed by atoms with Gasteiger partial charge in [-0.05, 0) is 30.2 Å². The van der Waals surface area contributed by atoms with Crippen LogP contribution in [0.1, 0.15) is 6.92 Å². The lowest BCUT2D eigenvalue weighted by molar-refractivity contribution is 0.310. The second kappa shape index (κ2) is 7.45. The minimum Gasteiger partial charge on any atom is -0.312 e. The van der Waals surface area contributed by atoms with Crippen molar-refractivity contribution in [3.8, 4) is 11.1 Å². The van der Waals surface area contributed by atoms with Crippen LogP contribution in [-0.4, -0.2) is 38.4 Å². The molecule has 0 aromatic heterocycles. The summed E-state index contributed by atoms with van der Waals surface area (Å²) in [4.78, 5) is 0.364. The zero-order valence-electron chi connectivity index (χ0n) is 13.0. The molecule has 2 aromatic carbocycles. The fraction of sp³-hybridized carbons (Fsp3) is 0.294. The van der Waals surface area contributed by atoms with Gasteiger partial charge in [-0.2, -0.15) is 4.31 Å². The van der Waals surface area contributed by atoms with Gasteiger partial charge in [0.2, 0.25) is 10.0 Å². The minimum atomic E-state index is -3.43. The van der Waals surface area contributed by atoms with E-state index in [2.05, 4.69) is 5.32 Å². The highest BCUT2D eigenvalue weighted by Crippen LogP contribution is 2.24. The van der Waals surface area contributed by atoms with Crippen LogP contribution in [0.4, 0.5) is 0 Å². The standard InChI is InChI=1S/C17H20N2O2S.ClH/c1-14-13-19(11-10-18-14)22(20,21)17-9-5-8-16(12-17)15-6-3-2-4-7-15;/h2-9,12,14,18H,10-11,13H2,1H3;1H/t14-;/m1./s1. The van der Waals surface area contributed by atoms with Crippen LogP contribution in [0.25, 0.3) is 11.1 Å². The predicted octanol–water partition coefficient (Wildman–Crippen LogP) is 2.76. The molecule has 1 fully saturated rings. The van der Waals surface area contributed by atoms with E-state index in [4.69, 9.17) is 0 Å². The largest absolute Gasteiger partial charge is 0.312 e. The van der Waals surface area contributed by atoms with Crippen molar-refractivity contribution < 1.29 is 8.42 Å². The first-order chi connectivity index (χ1) is 10.6. The molecule has 0 amide bonds. The molecule has 1 N–H and O–H groups in total. The molecule has 0 spiro atoms. The van der Waals surface area contributed by atoms with Crippen molar-refractivity contribution in [3.63, 3.8) is 0 Å². The van der Waals surface area contributed by atoms with Crippen LogP contribution in [0, 0.1) is 0 Å². The molecule has 0 bridgehead atoms. The van der Waals surface area contributed by atoms with E-state index >= 15 is 0 Å². The van der Waals surface area contributed by atoms with Gasteiger partial charge in [-0.3, -0.25) is 0 Å². The molecule has 2 aromatic rings. The first kappa shape index (κ1) is 17.9. The topological polar surface area (TPSA) is 49.4 Å². The third kappa shape index (κ3) is 3.93. The van der Waals surface area contributed by atoms with Crippen LogP contribution >= 0.6 is 12.4 Å². The number of nitrogens with one attached hydrogen (secondary N) is 1. The molecule has 23 heavy (non-hydrogen) atoms. The molecule has 6 heteroatoms. The van der Waals surface area contributed by atoms with Crippen molar-refractivity contribution >= 4 is 22.4 Å². The fourth-order valence-corrected chi connectivity index (χ4v) is 4.31. The molecule has 0 aliphatic carbocycles. The van der Waals surface area contributed by atoms with E-state index in [1.54, 1.807) is 22.5 Å². The maximum atomic E-state index is 12.8. The molecule has 0 saturated carbocycles. The van der Waals surface area contributed by atoms with Crippen molar-refractivity contribution in [3.05, 3.63) is 54.6 Å². The third-order valence-corrected chi connectivity index (χ3v) is 5.77. The summed E-state index contributed by atoms with van der Waals surface area (Å²) in [6.07, 6.45) is 0. The summed E-state index contributed by atoms with van der Waals surface area (Å²) >= 11 is 0. The van der Waals surface area contributed by atoms with Crippen molar-refractivity contribution in [1.29, 1.82) is 0 Å². The van der Waals surface area contributed by atoms with Gasteiger partial charge in [-0.15, -0.1) is 12.4 Å². The van der Waals surface area contributed by atoms with Gasteiger partial charge in [0, 0.05) is 25.7 Å². The number of piperazine rings is 1. The number of hydrogen-bond donors (Lipinski definition) is 1. The van der Waals surface area contributed by atoms with Crippen LogP contribution in [0.15, 0.2) is 59.5 Å². The SMILES string of the molecule is C[C@@H]1CN(S(=O)(=O)c2cccc(-c3ccccc3)c2)CCN1.Cl. The number of benzene rings is 2. The van der Waals surface area contributed by atoms with Crippen molar-refractivity contribution in [2.45, 2.75) is 17.9 Å². The molecular formula is C17H21ClN2O2S. The van der Waals surface area contributed by atoms with E-state index in [1.807, 2.05) is 43.3 Å². The van der Waals surface area contributed by atoms with Gasteiger partial charge in [0.15, 0.2) is 0 Å². The van der Waals surface area contributed by atoms with Gasteiger partial charge in [0.1, 0.15) is 0 Å². The molecule has 1 aliphatic heterocycles. The van der Waals surface area contributed by atoms with Gasteiger partial charge in [0.05, 0.1) is 4.90 Å². The number of halogens is 1. The lowest BCUT2D eigenvalue weighted by Crippen LogP contribution is -2.51. The summed E-state index contributed by atoms with van der Waals surface area (Å²) in [5, 5.41) is 3.27. The second-order valence-electron chi connectivity index (χ2n) is 5.61. The lowest BCUT2D eigenvalue weighted by Gasteiger charge is -2.31. The fourth-order valence-electron chi connectivity index (χ4n) is 2.73. The van der Waals surface area contributed by atoms with Gasteiger partial charge in [-0.25, -0.2) is 8.42 Å². The molecule has 1 heterocycles. The monoisotopic (exact) mass is 352 g/mol. The first-order valence-electron chi connectivity index (χ1n) is 7.46. The highest BCUT2D eigenvalue weighted by Gasteiger charge is 2.28. The Kier molecular flexibility index (Phi) is 5.81. The number of rotatable bonds is 3. The highest BCUT2D eigenvalue weighted by atomic mass is 35.5. The second-order valence-corrected chi connectivity index (χ2v) is 7.55. The van der Waals surface area contributed by atoms with E-state index in [-0.39, 0.29) is 18.4 Å². The summed E-state index contributed by atoms with van der Waals surface area (Å²) in [7, 11) is -3.43. The van der Waals surface area contributed by atoms with Crippen molar-refractivity contribution in [1.82, 2.24) is 9.62 Å². The smallest absolute Gasteiger partial charge is 0.243 e. The van der Waals surface area contributed by atoms with Crippen LogP contribution < -0.4 is 5.32 Å². The molecule has 1 saturated heterocycles. The third-order valence-electron chi connectivity index (χ3n) is 3.91. The summed E-state index contributed by atoms with van der Waals surface area (Å²) in [6.45, 7) is 3.72. The van der Waals surface area contributed by atoms with Gasteiger partial charge in [0.25, 0.3) is 0 Å². The number of nitrogens with zero attached hydrogens (tertiary/aromatic N) is 1. The Morgan fingerprint density at radius 3 is 2.43 bits per heavy atom. The Balaban J connectivity index is 0.00000192. The normalized spacial score (nSPS) is 19.1. The van der Waals surface area contributed by atoms with Crippen LogP contribution in [0.3, 0.4) is 0 Å². The van der Waals surface area contributed by atoms with Crippen LogP contribution in [-0.2, 0) is 10.0 Å². The Bertz CT molecular complexity index is 750. The molecule has 124 valence electrons. The average molecular weight is 353 g/mol. The molecule has 3 rings (SSSR count). The Morgan fingerprint density at radius 1 is 1.04 bits per heavy atom. The molecule has 0 radical (unpaired) electrons. The number of sulfonamides is 1. The zero-order chi connectivity index (χ0) is 15.6. The summed E-state index contributed by atoms with van der Waals surface area (Å²) < 4.78 is 27.2. The summed E-state index contributed by atoms with van der Waals surface area (Å²) in [6, 6.07) is 17.2. The van der Waals surface area contributed by atoms with E-state index in [9.17, 15) is 8.42 Å². The maximum absolute atomic E-state index is 12.8. The molecular weight excluding hydrogens is 332 g/mol. The van der Waals surface area contributed by atoms with Crippen molar-refractivity contribution in [2.75, 3.05) is 19.6 Å². The molecule has 1 aliphatic rings. The molecule has 0 unspecified atom stereocenters. The Labute approximate surface area is 144 Å². The minimum absolute atomic E-state index is 0. The van der Waals surface area contributed by atoms with Crippen LogP contribution in [0.2, 0.25) is 0 Å². The highest BCUT2D eigenvalue weighted by molar-refractivity contribution is 7.89. The van der Waals surface area contributed by atoms with Gasteiger partial charge < -0.3 is 5.32 Å². The summed E-state index contributed by atoms with van der Waals surface area (Å²) in [5.74, 6) is 0. The quantitative estimate of drug-likeness (QED) is 0.924. The van der Waals surface area contributed by atoms with Crippen LogP contribution in [0.5, 0.6) is 0 Å². The molecule has 1 atom stereocenters. The first-order valence-corrected chi connectivity index (χ1v) is 8.90. The van der Waals surface area contributed by atoms with Crippen molar-refractivity contribution in [2.24, 2.45) is 0 Å². The average Bonchev–Trinajstić information content (AvgIpc) is 2.56. The number of hydrogen-bond acceptors (Lipinski definition) is 3. The van der Waals surface area contributed by atoms with Gasteiger partial charge in [-0.1, -0.05) is 42.5 Å². The lowest BCUT2D eigenvalue weighted by atomic mass is 10.1.